The zero-order chi connectivity index (χ0) is 6.97. The van der Waals surface area contributed by atoms with Crippen LogP contribution in [0.1, 0.15) is 32.6 Å². The molecule has 0 bridgehead atoms. The number of hydrogen-bond acceptors (Lipinski definition) is 0. The van der Waals surface area contributed by atoms with Crippen LogP contribution < -0.4 is 0 Å². The van der Waals surface area contributed by atoms with Crippen molar-refractivity contribution in [1.29, 1.82) is 0 Å². The summed E-state index contributed by atoms with van der Waals surface area (Å²) < 4.78 is 2.49. The van der Waals surface area contributed by atoms with E-state index in [0.717, 1.165) is 12.0 Å². The van der Waals surface area contributed by atoms with Crippen LogP contribution in [0.25, 0.3) is 0 Å². The van der Waals surface area contributed by atoms with Gasteiger partial charge in [-0.2, -0.15) is 0 Å². The molecule has 0 radical (unpaired) electrons. The molecule has 2 unspecified atom stereocenters. The first-order valence-electron chi connectivity index (χ1n) is 4.51. The molecule has 56 valence electrons. The Kier molecular flexibility index (Phi) is 1.51. The first-order chi connectivity index (χ1) is 4.92. The van der Waals surface area contributed by atoms with E-state index in [4.69, 9.17) is 0 Å². The number of nitrogens with zero attached hydrogens (tertiary/aromatic N) is 1. The van der Waals surface area contributed by atoms with E-state index < -0.39 is 0 Å². The van der Waals surface area contributed by atoms with Crippen LogP contribution in [0.5, 0.6) is 0 Å². The smallest absolute Gasteiger partial charge is 0.213 e. The molecule has 1 fully saturated rings. The lowest BCUT2D eigenvalue weighted by Gasteiger charge is -2.01. The van der Waals surface area contributed by atoms with Crippen LogP contribution in [0, 0.1) is 5.92 Å². The molecule has 0 saturated carbocycles. The van der Waals surface area contributed by atoms with Crippen LogP contribution in [0.15, 0.2) is 0 Å². The van der Waals surface area contributed by atoms with E-state index in [-0.39, 0.29) is 0 Å². The Bertz CT molecular complexity index is 160. The van der Waals surface area contributed by atoms with Gasteiger partial charge in [0.25, 0.3) is 0 Å². The second-order valence-corrected chi connectivity index (χ2v) is 3.58. The SMILES string of the molecule is CCCCC1CC=[N+]2CC12. The van der Waals surface area contributed by atoms with Crippen LogP contribution in [0.3, 0.4) is 0 Å². The third kappa shape index (κ3) is 0.979. The van der Waals surface area contributed by atoms with Crippen LogP contribution >= 0.6 is 0 Å². The number of hydrogen-bond donors (Lipinski definition) is 0. The zero-order valence-electron chi connectivity index (χ0n) is 6.71. The summed E-state index contributed by atoms with van der Waals surface area (Å²) in [7, 11) is 0. The molecule has 2 aliphatic rings. The Morgan fingerprint density at radius 3 is 3.00 bits per heavy atom. The van der Waals surface area contributed by atoms with Crippen molar-refractivity contribution in [3.63, 3.8) is 0 Å². The van der Waals surface area contributed by atoms with Crippen LogP contribution in [0.4, 0.5) is 0 Å². The second kappa shape index (κ2) is 2.37. The molecule has 0 aliphatic carbocycles. The summed E-state index contributed by atoms with van der Waals surface area (Å²) in [5.41, 5.74) is 0. The molecule has 1 heteroatoms. The van der Waals surface area contributed by atoms with Crippen molar-refractivity contribution in [2.45, 2.75) is 38.6 Å². The van der Waals surface area contributed by atoms with Gasteiger partial charge in [0.15, 0.2) is 0 Å². The van der Waals surface area contributed by atoms with Crippen LogP contribution in [-0.4, -0.2) is 23.4 Å². The third-order valence-electron chi connectivity index (χ3n) is 2.81. The summed E-state index contributed by atoms with van der Waals surface area (Å²) in [6, 6.07) is 0.978. The fourth-order valence-electron chi connectivity index (χ4n) is 2.00. The van der Waals surface area contributed by atoms with Crippen molar-refractivity contribution in [1.82, 2.24) is 0 Å². The van der Waals surface area contributed by atoms with Crippen molar-refractivity contribution >= 4 is 6.21 Å². The van der Waals surface area contributed by atoms with Gasteiger partial charge in [-0.15, -0.1) is 0 Å². The van der Waals surface area contributed by atoms with E-state index in [1.54, 1.807) is 0 Å². The molecule has 2 atom stereocenters. The van der Waals surface area contributed by atoms with Crippen molar-refractivity contribution in [2.75, 3.05) is 6.54 Å². The van der Waals surface area contributed by atoms with Gasteiger partial charge in [-0.05, 0) is 6.42 Å². The highest BCUT2D eigenvalue weighted by Crippen LogP contribution is 2.31. The summed E-state index contributed by atoms with van der Waals surface area (Å²) >= 11 is 0. The lowest BCUT2D eigenvalue weighted by molar-refractivity contribution is -0.351. The second-order valence-electron chi connectivity index (χ2n) is 3.58. The Labute approximate surface area is 62.8 Å². The van der Waals surface area contributed by atoms with Gasteiger partial charge < -0.3 is 0 Å². The lowest BCUT2D eigenvalue weighted by Crippen LogP contribution is -2.04. The largest absolute Gasteiger partial charge is 0.223 e. The number of fused-ring (bicyclic) bond motifs is 1. The van der Waals surface area contributed by atoms with E-state index in [2.05, 4.69) is 17.7 Å². The molecule has 2 aliphatic heterocycles. The minimum atomic E-state index is 0.978. The predicted molar refractivity (Wildman–Crippen MR) is 42.6 cm³/mol. The molecule has 0 N–H and O–H groups in total. The van der Waals surface area contributed by atoms with Gasteiger partial charge in [0.2, 0.25) is 12.6 Å². The standard InChI is InChI=1S/C9H16N/c1-2-3-4-8-5-6-10-7-9(8)10/h6,8-9H,2-5,7H2,1H3/q+1. The average Bonchev–Trinajstić information content (AvgIpc) is 2.63. The van der Waals surface area contributed by atoms with E-state index in [1.165, 1.54) is 32.2 Å². The van der Waals surface area contributed by atoms with Crippen molar-refractivity contribution < 1.29 is 4.58 Å². The molecule has 1 saturated heterocycles. The van der Waals surface area contributed by atoms with Gasteiger partial charge in [0.1, 0.15) is 6.21 Å². The van der Waals surface area contributed by atoms with Gasteiger partial charge >= 0.3 is 0 Å². The fraction of sp³-hybridized carbons (Fsp3) is 0.889. The van der Waals surface area contributed by atoms with Crippen molar-refractivity contribution in [3.8, 4) is 0 Å². The Hall–Kier alpha value is -0.330. The van der Waals surface area contributed by atoms with Gasteiger partial charge in [0.05, 0.1) is 0 Å². The maximum absolute atomic E-state index is 2.49. The van der Waals surface area contributed by atoms with E-state index in [1.807, 2.05) is 0 Å². The van der Waals surface area contributed by atoms with E-state index in [0.29, 0.717) is 0 Å². The molecule has 2 heterocycles. The number of rotatable bonds is 3. The minimum absolute atomic E-state index is 0.978. The van der Waals surface area contributed by atoms with Crippen LogP contribution in [-0.2, 0) is 0 Å². The van der Waals surface area contributed by atoms with E-state index in [9.17, 15) is 0 Å². The molecule has 0 amide bonds. The average molecular weight is 138 g/mol. The van der Waals surface area contributed by atoms with Crippen molar-refractivity contribution in [3.05, 3.63) is 0 Å². The minimum Gasteiger partial charge on any atom is -0.223 e. The van der Waals surface area contributed by atoms with E-state index >= 15 is 0 Å². The molecule has 2 rings (SSSR count). The highest BCUT2D eigenvalue weighted by Gasteiger charge is 2.50. The quantitative estimate of drug-likeness (QED) is 0.412. The molecule has 0 aromatic heterocycles. The molecular weight excluding hydrogens is 122 g/mol. The molecule has 0 aromatic carbocycles. The molecular formula is C9H16N+. The fourth-order valence-corrected chi connectivity index (χ4v) is 2.00. The highest BCUT2D eigenvalue weighted by atomic mass is 15.2. The summed E-state index contributed by atoms with van der Waals surface area (Å²) in [6.07, 6.45) is 8.02. The van der Waals surface area contributed by atoms with Gasteiger partial charge in [-0.3, -0.25) is 0 Å². The highest BCUT2D eigenvalue weighted by molar-refractivity contribution is 5.55. The number of unbranched alkanes of at least 4 members (excludes halogenated alkanes) is 1. The van der Waals surface area contributed by atoms with Gasteiger partial charge in [0, 0.05) is 12.3 Å². The first kappa shape index (κ1) is 6.38. The Balaban J connectivity index is 1.76. The van der Waals surface area contributed by atoms with Gasteiger partial charge in [-0.25, -0.2) is 4.58 Å². The predicted octanol–water partition coefficient (Wildman–Crippen LogP) is 1.66. The molecule has 0 spiro atoms. The molecule has 1 nitrogen and oxygen atoms in total. The maximum atomic E-state index is 2.49. The lowest BCUT2D eigenvalue weighted by atomic mass is 9.97. The summed E-state index contributed by atoms with van der Waals surface area (Å²) in [5.74, 6) is 1.03. The Morgan fingerprint density at radius 2 is 2.50 bits per heavy atom. The zero-order valence-corrected chi connectivity index (χ0v) is 6.71. The first-order valence-corrected chi connectivity index (χ1v) is 4.51. The summed E-state index contributed by atoms with van der Waals surface area (Å²) in [6.45, 7) is 3.65. The topological polar surface area (TPSA) is 3.01 Å². The molecule has 0 aromatic rings. The third-order valence-corrected chi connectivity index (χ3v) is 2.81. The monoisotopic (exact) mass is 138 g/mol. The molecule has 10 heavy (non-hydrogen) atoms. The normalized spacial score (nSPS) is 35.5. The van der Waals surface area contributed by atoms with Gasteiger partial charge in [-0.1, -0.05) is 19.8 Å². The van der Waals surface area contributed by atoms with Crippen molar-refractivity contribution in [2.24, 2.45) is 5.92 Å². The summed E-state index contributed by atoms with van der Waals surface area (Å²) in [4.78, 5) is 0. The maximum Gasteiger partial charge on any atom is 0.213 e. The summed E-state index contributed by atoms with van der Waals surface area (Å²) in [5, 5.41) is 0. The Morgan fingerprint density at radius 1 is 1.60 bits per heavy atom. The van der Waals surface area contributed by atoms with Crippen LogP contribution in [0.2, 0.25) is 0 Å².